The van der Waals surface area contributed by atoms with Gasteiger partial charge in [0, 0.05) is 11.4 Å². The molecule has 0 spiro atoms. The van der Waals surface area contributed by atoms with Crippen LogP contribution >= 0.6 is 0 Å². The van der Waals surface area contributed by atoms with Crippen molar-refractivity contribution in [3.8, 4) is 0 Å². The fourth-order valence-corrected chi connectivity index (χ4v) is 2.77. The molecule has 1 unspecified atom stereocenters. The van der Waals surface area contributed by atoms with Gasteiger partial charge in [-0.15, -0.1) is 0 Å². The first-order valence-electron chi connectivity index (χ1n) is 8.64. The summed E-state index contributed by atoms with van der Waals surface area (Å²) < 4.78 is 13.1. The lowest BCUT2D eigenvalue weighted by Crippen LogP contribution is -3.11. The molecular weight excluding hydrogens is 333 g/mol. The third-order valence-corrected chi connectivity index (χ3v) is 4.04. The van der Waals surface area contributed by atoms with Crippen LogP contribution in [0.3, 0.4) is 0 Å². The molecule has 1 atom stereocenters. The highest BCUT2D eigenvalue weighted by molar-refractivity contribution is 5.94. The second kappa shape index (κ2) is 9.10. The number of nitrogens with one attached hydrogen (secondary N) is 3. The molecule has 0 fully saturated rings. The largest absolute Gasteiger partial charge is 0.322 e. The normalized spacial score (nSPS) is 11.7. The van der Waals surface area contributed by atoms with Gasteiger partial charge in [0.15, 0.2) is 13.1 Å². The zero-order valence-electron chi connectivity index (χ0n) is 15.4. The number of benzene rings is 2. The first-order chi connectivity index (χ1) is 12.4. The van der Waals surface area contributed by atoms with E-state index in [1.54, 1.807) is 13.1 Å². The van der Waals surface area contributed by atoms with Gasteiger partial charge >= 0.3 is 0 Å². The van der Waals surface area contributed by atoms with E-state index in [2.05, 4.69) is 10.6 Å². The van der Waals surface area contributed by atoms with E-state index < -0.39 is 5.82 Å². The molecule has 26 heavy (non-hydrogen) atoms. The summed E-state index contributed by atoms with van der Waals surface area (Å²) in [5.41, 5.74) is 3.34. The van der Waals surface area contributed by atoms with Gasteiger partial charge in [0.2, 0.25) is 0 Å². The van der Waals surface area contributed by atoms with E-state index in [0.29, 0.717) is 5.69 Å². The van der Waals surface area contributed by atoms with Gasteiger partial charge in [-0.25, -0.2) is 4.39 Å². The Morgan fingerprint density at radius 2 is 1.69 bits per heavy atom. The Morgan fingerprint density at radius 3 is 2.35 bits per heavy atom. The summed E-state index contributed by atoms with van der Waals surface area (Å²) in [4.78, 5) is 25.1. The van der Waals surface area contributed by atoms with E-state index in [0.717, 1.165) is 28.1 Å². The van der Waals surface area contributed by atoms with Gasteiger partial charge < -0.3 is 15.5 Å². The number of hydrogen-bond donors (Lipinski definition) is 3. The predicted octanol–water partition coefficient (Wildman–Crippen LogP) is 1.79. The summed E-state index contributed by atoms with van der Waals surface area (Å²) in [6, 6.07) is 11.6. The van der Waals surface area contributed by atoms with E-state index in [9.17, 15) is 14.0 Å². The van der Waals surface area contributed by atoms with Gasteiger partial charge in [-0.05, 0) is 42.7 Å². The lowest BCUT2D eigenvalue weighted by molar-refractivity contribution is -0.862. The van der Waals surface area contributed by atoms with E-state index in [1.807, 2.05) is 32.0 Å². The molecule has 6 heteroatoms. The third kappa shape index (κ3) is 5.67. The average molecular weight is 358 g/mol. The Kier molecular flexibility index (Phi) is 6.86. The summed E-state index contributed by atoms with van der Waals surface area (Å²) >= 11 is 0. The molecule has 0 aliphatic rings. The van der Waals surface area contributed by atoms with Crippen molar-refractivity contribution in [3.05, 3.63) is 59.4 Å². The minimum absolute atomic E-state index is 0.109. The number of anilines is 2. The molecule has 5 nitrogen and oxygen atoms in total. The molecule has 0 bridgehead atoms. The Balaban J connectivity index is 1.88. The summed E-state index contributed by atoms with van der Waals surface area (Å²) in [6.45, 7) is 4.27. The molecule has 0 saturated heterocycles. The molecule has 2 aromatic carbocycles. The van der Waals surface area contributed by atoms with Crippen LogP contribution in [0.2, 0.25) is 0 Å². The fourth-order valence-electron chi connectivity index (χ4n) is 2.77. The van der Waals surface area contributed by atoms with Crippen LogP contribution < -0.4 is 15.5 Å². The lowest BCUT2D eigenvalue weighted by atomic mass is 10.1. The van der Waals surface area contributed by atoms with Crippen LogP contribution in [0.1, 0.15) is 18.1 Å². The average Bonchev–Trinajstić information content (AvgIpc) is 2.56. The zero-order chi connectivity index (χ0) is 19.1. The molecular formula is C20H25FN3O2+. The second-order valence-electron chi connectivity index (χ2n) is 6.38. The van der Waals surface area contributed by atoms with Crippen molar-refractivity contribution in [2.75, 3.05) is 30.8 Å². The minimum Gasteiger partial charge on any atom is -0.322 e. The van der Waals surface area contributed by atoms with E-state index in [4.69, 9.17) is 0 Å². The number of rotatable bonds is 7. The summed E-state index contributed by atoms with van der Waals surface area (Å²) in [5, 5.41) is 5.58. The van der Waals surface area contributed by atoms with Gasteiger partial charge in [0.25, 0.3) is 11.8 Å². The standard InChI is InChI=1S/C20H24FN3O2/c1-4-15-8-5-7-14(2)20(15)23-19(26)13-24(3)12-18(25)22-17-10-6-9-16(21)11-17/h5-11H,4,12-13H2,1-3H3,(H,22,25)(H,23,26)/p+1. The van der Waals surface area contributed by atoms with E-state index in [-0.39, 0.29) is 24.9 Å². The monoisotopic (exact) mass is 358 g/mol. The van der Waals surface area contributed by atoms with Crippen LogP contribution in [0.15, 0.2) is 42.5 Å². The quantitative estimate of drug-likeness (QED) is 0.707. The van der Waals surface area contributed by atoms with Gasteiger partial charge in [0.1, 0.15) is 5.82 Å². The number of carbonyl (C=O) groups excluding carboxylic acids is 2. The maximum absolute atomic E-state index is 13.1. The van der Waals surface area contributed by atoms with Gasteiger partial charge in [-0.3, -0.25) is 9.59 Å². The molecule has 0 aliphatic heterocycles. The van der Waals surface area contributed by atoms with Crippen LogP contribution in [0.4, 0.5) is 15.8 Å². The highest BCUT2D eigenvalue weighted by Crippen LogP contribution is 2.20. The zero-order valence-corrected chi connectivity index (χ0v) is 15.4. The molecule has 0 aromatic heterocycles. The highest BCUT2D eigenvalue weighted by Gasteiger charge is 2.16. The SMILES string of the molecule is CCc1cccc(C)c1NC(=O)C[NH+](C)CC(=O)Nc1cccc(F)c1. The number of quaternary nitrogens is 1. The molecule has 0 radical (unpaired) electrons. The van der Waals surface area contributed by atoms with E-state index >= 15 is 0 Å². The van der Waals surface area contributed by atoms with Crippen molar-refractivity contribution in [2.24, 2.45) is 0 Å². The van der Waals surface area contributed by atoms with Crippen molar-refractivity contribution in [1.82, 2.24) is 0 Å². The smallest absolute Gasteiger partial charge is 0.279 e. The highest BCUT2D eigenvalue weighted by atomic mass is 19.1. The third-order valence-electron chi connectivity index (χ3n) is 4.04. The Hall–Kier alpha value is -2.73. The van der Waals surface area contributed by atoms with Crippen LogP contribution in [-0.2, 0) is 16.0 Å². The second-order valence-corrected chi connectivity index (χ2v) is 6.38. The Bertz CT molecular complexity index is 792. The molecule has 0 aliphatic carbocycles. The number of halogens is 1. The summed E-state index contributed by atoms with van der Waals surface area (Å²) in [7, 11) is 1.77. The molecule has 2 rings (SSSR count). The van der Waals surface area contributed by atoms with Gasteiger partial charge in [-0.2, -0.15) is 0 Å². The van der Waals surface area contributed by atoms with Gasteiger partial charge in [0.05, 0.1) is 7.05 Å². The summed E-state index contributed by atoms with van der Waals surface area (Å²) in [6.07, 6.45) is 0.829. The number of aryl methyl sites for hydroxylation is 2. The fraction of sp³-hybridized carbons (Fsp3) is 0.300. The van der Waals surface area contributed by atoms with Crippen LogP contribution in [0, 0.1) is 12.7 Å². The molecule has 2 aromatic rings. The van der Waals surface area contributed by atoms with Crippen molar-refractivity contribution in [1.29, 1.82) is 0 Å². The van der Waals surface area contributed by atoms with Crippen molar-refractivity contribution in [2.45, 2.75) is 20.3 Å². The Labute approximate surface area is 153 Å². The van der Waals surface area contributed by atoms with Crippen LogP contribution in [-0.4, -0.2) is 32.0 Å². The number of carbonyl (C=O) groups is 2. The number of amides is 2. The maximum Gasteiger partial charge on any atom is 0.279 e. The molecule has 2 amide bonds. The van der Waals surface area contributed by atoms with Crippen LogP contribution in [0.5, 0.6) is 0 Å². The first kappa shape index (κ1) is 19.6. The first-order valence-corrected chi connectivity index (χ1v) is 8.64. The minimum atomic E-state index is -0.409. The molecule has 138 valence electrons. The van der Waals surface area contributed by atoms with Gasteiger partial charge in [-0.1, -0.05) is 31.2 Å². The van der Waals surface area contributed by atoms with Crippen LogP contribution in [0.25, 0.3) is 0 Å². The molecule has 3 N–H and O–H groups in total. The van der Waals surface area contributed by atoms with Crippen molar-refractivity contribution in [3.63, 3.8) is 0 Å². The van der Waals surface area contributed by atoms with Crippen molar-refractivity contribution < 1.29 is 18.9 Å². The summed E-state index contributed by atoms with van der Waals surface area (Å²) in [5.74, 6) is -0.830. The maximum atomic E-state index is 13.1. The Morgan fingerprint density at radius 1 is 1.04 bits per heavy atom. The van der Waals surface area contributed by atoms with Crippen molar-refractivity contribution >= 4 is 23.2 Å². The predicted molar refractivity (Wildman–Crippen MR) is 101 cm³/mol. The lowest BCUT2D eigenvalue weighted by Gasteiger charge is -2.16. The molecule has 0 heterocycles. The van der Waals surface area contributed by atoms with E-state index in [1.165, 1.54) is 18.2 Å². The topological polar surface area (TPSA) is 62.6 Å². The number of hydrogen-bond acceptors (Lipinski definition) is 2. The number of likely N-dealkylation sites (N-methyl/N-ethyl adjacent to an activating group) is 1. The molecule has 0 saturated carbocycles. The number of para-hydroxylation sites is 1.